The number of carboxylic acid groups (broad SMARTS) is 1. The van der Waals surface area contributed by atoms with Gasteiger partial charge in [0.2, 0.25) is 0 Å². The Morgan fingerprint density at radius 2 is 1.94 bits per heavy atom. The summed E-state index contributed by atoms with van der Waals surface area (Å²) < 4.78 is 1.41. The van der Waals surface area contributed by atoms with E-state index in [9.17, 15) is 9.90 Å². The fourth-order valence-corrected chi connectivity index (χ4v) is 1.86. The predicted molar refractivity (Wildman–Crippen MR) is 67.0 cm³/mol. The summed E-state index contributed by atoms with van der Waals surface area (Å²) in [6.07, 6.45) is 1.67. The molecule has 0 aliphatic rings. The van der Waals surface area contributed by atoms with E-state index in [0.717, 1.165) is 5.56 Å². The van der Waals surface area contributed by atoms with Gasteiger partial charge in [-0.1, -0.05) is 49.4 Å². The molecular formula is C13H15N3O2. The van der Waals surface area contributed by atoms with Crippen LogP contribution in [0.1, 0.15) is 19.9 Å². The largest absolute Gasteiger partial charge is 0.480 e. The van der Waals surface area contributed by atoms with Crippen molar-refractivity contribution < 1.29 is 9.90 Å². The summed E-state index contributed by atoms with van der Waals surface area (Å²) in [6, 6.07) is 8.88. The first-order chi connectivity index (χ1) is 8.59. The smallest absolute Gasteiger partial charge is 0.328 e. The van der Waals surface area contributed by atoms with Gasteiger partial charge in [0.15, 0.2) is 6.04 Å². The molecule has 5 heteroatoms. The summed E-state index contributed by atoms with van der Waals surface area (Å²) in [4.78, 5) is 11.2. The molecule has 0 saturated carbocycles. The molecule has 0 amide bonds. The Kier molecular flexibility index (Phi) is 3.41. The summed E-state index contributed by atoms with van der Waals surface area (Å²) >= 11 is 0. The van der Waals surface area contributed by atoms with Gasteiger partial charge in [0, 0.05) is 5.56 Å². The van der Waals surface area contributed by atoms with Crippen molar-refractivity contribution in [3.05, 3.63) is 36.5 Å². The minimum Gasteiger partial charge on any atom is -0.480 e. The van der Waals surface area contributed by atoms with E-state index >= 15 is 0 Å². The van der Waals surface area contributed by atoms with Gasteiger partial charge in [-0.05, 0) is 5.92 Å². The van der Waals surface area contributed by atoms with Gasteiger partial charge in [0.25, 0.3) is 0 Å². The molecule has 1 aromatic heterocycles. The number of carboxylic acids is 1. The molecule has 1 heterocycles. The van der Waals surface area contributed by atoms with Crippen molar-refractivity contribution in [3.63, 3.8) is 0 Å². The monoisotopic (exact) mass is 245 g/mol. The maximum absolute atomic E-state index is 11.2. The summed E-state index contributed by atoms with van der Waals surface area (Å²) in [5, 5.41) is 17.1. The summed E-state index contributed by atoms with van der Waals surface area (Å²) in [5.41, 5.74) is 1.61. The van der Waals surface area contributed by atoms with Crippen molar-refractivity contribution in [3.8, 4) is 11.3 Å². The topological polar surface area (TPSA) is 68.0 Å². The van der Waals surface area contributed by atoms with Gasteiger partial charge in [0.1, 0.15) is 5.69 Å². The number of aromatic nitrogens is 3. The highest BCUT2D eigenvalue weighted by Crippen LogP contribution is 2.21. The fraction of sp³-hybridized carbons (Fsp3) is 0.308. The summed E-state index contributed by atoms with van der Waals surface area (Å²) in [7, 11) is 0. The molecule has 94 valence electrons. The lowest BCUT2D eigenvalue weighted by molar-refractivity contribution is -0.142. The second-order valence-corrected chi connectivity index (χ2v) is 4.48. The molecule has 0 spiro atoms. The van der Waals surface area contributed by atoms with Gasteiger partial charge >= 0.3 is 5.97 Å². The predicted octanol–water partition coefficient (Wildman–Crippen LogP) is 2.23. The van der Waals surface area contributed by atoms with E-state index in [2.05, 4.69) is 10.3 Å². The Balaban J connectivity index is 2.33. The van der Waals surface area contributed by atoms with Crippen LogP contribution in [-0.4, -0.2) is 26.1 Å². The van der Waals surface area contributed by atoms with Crippen LogP contribution in [0, 0.1) is 5.92 Å². The van der Waals surface area contributed by atoms with Crippen LogP contribution in [0.4, 0.5) is 0 Å². The van der Waals surface area contributed by atoms with Crippen molar-refractivity contribution in [1.29, 1.82) is 0 Å². The van der Waals surface area contributed by atoms with E-state index in [1.54, 1.807) is 6.20 Å². The lowest BCUT2D eigenvalue weighted by Crippen LogP contribution is -2.24. The highest BCUT2D eigenvalue weighted by Gasteiger charge is 2.24. The molecule has 5 nitrogen and oxygen atoms in total. The first kappa shape index (κ1) is 12.3. The van der Waals surface area contributed by atoms with E-state index in [1.807, 2.05) is 44.2 Å². The lowest BCUT2D eigenvalue weighted by Gasteiger charge is -2.15. The quantitative estimate of drug-likeness (QED) is 0.896. The van der Waals surface area contributed by atoms with Crippen LogP contribution in [0.5, 0.6) is 0 Å². The van der Waals surface area contributed by atoms with Crippen molar-refractivity contribution >= 4 is 5.97 Å². The molecule has 0 saturated heterocycles. The van der Waals surface area contributed by atoms with Crippen molar-refractivity contribution in [2.24, 2.45) is 5.92 Å². The zero-order chi connectivity index (χ0) is 13.1. The minimum absolute atomic E-state index is 0.0483. The van der Waals surface area contributed by atoms with E-state index in [-0.39, 0.29) is 5.92 Å². The zero-order valence-corrected chi connectivity index (χ0v) is 10.3. The molecule has 2 aromatic rings. The van der Waals surface area contributed by atoms with Gasteiger partial charge in [-0.15, -0.1) is 5.10 Å². The van der Waals surface area contributed by atoms with Gasteiger partial charge in [-0.3, -0.25) is 0 Å². The maximum atomic E-state index is 11.2. The standard InChI is InChI=1S/C13H15N3O2/c1-9(2)12(13(17)18)16-8-11(14-15-16)10-6-4-3-5-7-10/h3-9,12H,1-2H3,(H,17,18)/t12-/m0/s1. The Morgan fingerprint density at radius 3 is 2.50 bits per heavy atom. The normalized spacial score (nSPS) is 12.6. The molecule has 18 heavy (non-hydrogen) atoms. The highest BCUT2D eigenvalue weighted by molar-refractivity contribution is 5.72. The molecule has 0 bridgehead atoms. The van der Waals surface area contributed by atoms with Gasteiger partial charge < -0.3 is 5.11 Å². The Morgan fingerprint density at radius 1 is 1.28 bits per heavy atom. The number of carbonyl (C=O) groups is 1. The average molecular weight is 245 g/mol. The molecule has 0 fully saturated rings. The van der Waals surface area contributed by atoms with Crippen LogP contribution in [0.25, 0.3) is 11.3 Å². The lowest BCUT2D eigenvalue weighted by atomic mass is 10.1. The third kappa shape index (κ3) is 2.40. The average Bonchev–Trinajstić information content (AvgIpc) is 2.78. The molecule has 2 rings (SSSR count). The highest BCUT2D eigenvalue weighted by atomic mass is 16.4. The van der Waals surface area contributed by atoms with E-state index in [0.29, 0.717) is 5.69 Å². The number of hydrogen-bond acceptors (Lipinski definition) is 3. The van der Waals surface area contributed by atoms with E-state index in [1.165, 1.54) is 4.68 Å². The Bertz CT molecular complexity index is 534. The Hall–Kier alpha value is -2.17. The van der Waals surface area contributed by atoms with Crippen LogP contribution < -0.4 is 0 Å². The van der Waals surface area contributed by atoms with E-state index in [4.69, 9.17) is 0 Å². The van der Waals surface area contributed by atoms with Crippen LogP contribution in [0.15, 0.2) is 36.5 Å². The number of hydrogen-bond donors (Lipinski definition) is 1. The zero-order valence-electron chi connectivity index (χ0n) is 10.3. The molecule has 0 aliphatic heterocycles. The second-order valence-electron chi connectivity index (χ2n) is 4.48. The summed E-state index contributed by atoms with van der Waals surface area (Å²) in [5.74, 6) is -0.942. The van der Waals surface area contributed by atoms with Crippen molar-refractivity contribution in [1.82, 2.24) is 15.0 Å². The van der Waals surface area contributed by atoms with Gasteiger partial charge in [-0.2, -0.15) is 0 Å². The summed E-state index contributed by atoms with van der Waals surface area (Å²) in [6.45, 7) is 3.70. The molecule has 0 radical (unpaired) electrons. The Labute approximate surface area is 105 Å². The molecular weight excluding hydrogens is 230 g/mol. The number of benzene rings is 1. The fourth-order valence-electron chi connectivity index (χ4n) is 1.86. The SMILES string of the molecule is CC(C)[C@@H](C(=O)O)n1cc(-c2ccccc2)nn1. The van der Waals surface area contributed by atoms with Crippen LogP contribution >= 0.6 is 0 Å². The van der Waals surface area contributed by atoms with Gasteiger partial charge in [0.05, 0.1) is 6.20 Å². The van der Waals surface area contributed by atoms with E-state index < -0.39 is 12.0 Å². The number of rotatable bonds is 4. The number of nitrogens with zero attached hydrogens (tertiary/aromatic N) is 3. The molecule has 1 aromatic carbocycles. The van der Waals surface area contributed by atoms with Crippen molar-refractivity contribution in [2.45, 2.75) is 19.9 Å². The number of aliphatic carboxylic acids is 1. The first-order valence-corrected chi connectivity index (χ1v) is 5.79. The first-order valence-electron chi connectivity index (χ1n) is 5.79. The molecule has 0 aliphatic carbocycles. The molecule has 0 unspecified atom stereocenters. The van der Waals surface area contributed by atoms with Crippen LogP contribution in [-0.2, 0) is 4.79 Å². The third-order valence-electron chi connectivity index (χ3n) is 2.75. The van der Waals surface area contributed by atoms with Gasteiger partial charge in [-0.25, -0.2) is 9.48 Å². The molecule has 1 atom stereocenters. The van der Waals surface area contributed by atoms with Crippen LogP contribution in [0.2, 0.25) is 0 Å². The molecule has 1 N–H and O–H groups in total. The second kappa shape index (κ2) is 5.00. The van der Waals surface area contributed by atoms with Crippen molar-refractivity contribution in [2.75, 3.05) is 0 Å². The van der Waals surface area contributed by atoms with Crippen LogP contribution in [0.3, 0.4) is 0 Å². The minimum atomic E-state index is -0.894. The maximum Gasteiger partial charge on any atom is 0.328 e. The third-order valence-corrected chi connectivity index (χ3v) is 2.75.